The number of nitrogens with one attached hydrogen (secondary N) is 2. The van der Waals surface area contributed by atoms with Gasteiger partial charge in [-0.25, -0.2) is 0 Å². The highest BCUT2D eigenvalue weighted by Crippen LogP contribution is 2.24. The molecule has 1 heterocycles. The van der Waals surface area contributed by atoms with Crippen molar-refractivity contribution in [1.29, 1.82) is 0 Å². The number of carbonyl (C=O) groups is 1. The predicted molar refractivity (Wildman–Crippen MR) is 76.5 cm³/mol. The smallest absolute Gasteiger partial charge is 0.383 e. The normalized spacial score (nSPS) is 12.3. The fourth-order valence-corrected chi connectivity index (χ4v) is 2.46. The highest BCUT2D eigenvalue weighted by atomic mass is 32.2. The van der Waals surface area contributed by atoms with Gasteiger partial charge >= 0.3 is 22.2 Å². The van der Waals surface area contributed by atoms with E-state index in [1.807, 2.05) is 0 Å². The van der Waals surface area contributed by atoms with E-state index < -0.39 is 22.2 Å². The summed E-state index contributed by atoms with van der Waals surface area (Å²) < 4.78 is 63.1. The van der Waals surface area contributed by atoms with E-state index >= 15 is 0 Å². The van der Waals surface area contributed by atoms with Crippen LogP contribution in [0.5, 0.6) is 5.75 Å². The lowest BCUT2D eigenvalue weighted by molar-refractivity contribution is -0.173. The average Bonchev–Trinajstić information content (AvgIpc) is 2.78. The molecule has 1 aromatic carbocycles. The van der Waals surface area contributed by atoms with Crippen LogP contribution in [0.2, 0.25) is 0 Å². The second-order valence-electron chi connectivity index (χ2n) is 4.81. The summed E-state index contributed by atoms with van der Waals surface area (Å²) in [6.45, 7) is -0.174. The summed E-state index contributed by atoms with van der Waals surface area (Å²) in [5.41, 5.74) is 1.26. The van der Waals surface area contributed by atoms with Crippen molar-refractivity contribution < 1.29 is 30.6 Å². The molecule has 0 saturated heterocycles. The molecule has 0 saturated carbocycles. The van der Waals surface area contributed by atoms with Gasteiger partial charge in [-0.3, -0.25) is 4.79 Å². The molecule has 6 nitrogen and oxygen atoms in total. The van der Waals surface area contributed by atoms with E-state index in [-0.39, 0.29) is 18.7 Å². The number of carbonyl (C=O) groups excluding carboxylic acids is 1. The first-order chi connectivity index (χ1) is 10.6. The number of benzene rings is 1. The van der Waals surface area contributed by atoms with Crippen LogP contribution in [0.25, 0.3) is 10.9 Å². The fraction of sp³-hybridized carbons (Fsp3) is 0.308. The molecule has 0 aliphatic rings. The highest BCUT2D eigenvalue weighted by molar-refractivity contribution is 7.86. The molecule has 0 fully saturated rings. The van der Waals surface area contributed by atoms with Crippen LogP contribution in [-0.4, -0.2) is 38.3 Å². The van der Waals surface area contributed by atoms with Gasteiger partial charge < -0.3 is 14.5 Å². The first-order valence-corrected chi connectivity index (χ1v) is 8.22. The molecule has 1 amide bonds. The largest absolute Gasteiger partial charge is 0.471 e. The van der Waals surface area contributed by atoms with Gasteiger partial charge in [0.05, 0.1) is 6.26 Å². The molecule has 0 atom stereocenters. The summed E-state index contributed by atoms with van der Waals surface area (Å²) in [5.74, 6) is -1.86. The average molecular weight is 350 g/mol. The summed E-state index contributed by atoms with van der Waals surface area (Å²) in [6.07, 6.45) is -2.22. The first kappa shape index (κ1) is 17.1. The summed E-state index contributed by atoms with van der Waals surface area (Å²) in [4.78, 5) is 13.6. The van der Waals surface area contributed by atoms with Gasteiger partial charge in [-0.1, -0.05) is 0 Å². The van der Waals surface area contributed by atoms with Gasteiger partial charge in [0.25, 0.3) is 0 Å². The van der Waals surface area contributed by atoms with Gasteiger partial charge in [-0.05, 0) is 24.1 Å². The van der Waals surface area contributed by atoms with Crippen LogP contribution in [0.1, 0.15) is 5.56 Å². The molecule has 0 aliphatic heterocycles. The molecular weight excluding hydrogens is 337 g/mol. The number of halogens is 3. The zero-order valence-corrected chi connectivity index (χ0v) is 12.7. The second kappa shape index (κ2) is 6.11. The number of aromatic amines is 1. The van der Waals surface area contributed by atoms with Crippen LogP contribution in [0.4, 0.5) is 13.2 Å². The maximum absolute atomic E-state index is 12.1. The standard InChI is InChI=1S/C13H13F3N2O4S/c1-23(20,21)22-9-2-3-10-8(7-18-11(10)6-9)4-5-17-12(19)13(14,15)16/h2-3,6-7,18H,4-5H2,1H3,(H,17,19). The Labute approximate surface area is 129 Å². The lowest BCUT2D eigenvalue weighted by Crippen LogP contribution is -2.37. The summed E-state index contributed by atoms with van der Waals surface area (Å²) in [7, 11) is -3.64. The van der Waals surface area contributed by atoms with Crippen LogP contribution in [0, 0.1) is 0 Å². The van der Waals surface area contributed by atoms with Crippen LogP contribution >= 0.6 is 0 Å². The van der Waals surface area contributed by atoms with Gasteiger partial charge in [-0.2, -0.15) is 21.6 Å². The van der Waals surface area contributed by atoms with E-state index in [0.29, 0.717) is 16.5 Å². The molecule has 2 N–H and O–H groups in total. The van der Waals surface area contributed by atoms with Crippen molar-refractivity contribution in [2.75, 3.05) is 12.8 Å². The van der Waals surface area contributed by atoms with Crippen molar-refractivity contribution in [2.24, 2.45) is 0 Å². The van der Waals surface area contributed by atoms with E-state index in [1.54, 1.807) is 17.6 Å². The Morgan fingerprint density at radius 2 is 2.04 bits per heavy atom. The lowest BCUT2D eigenvalue weighted by atomic mass is 10.1. The van der Waals surface area contributed by atoms with Gasteiger partial charge in [0.2, 0.25) is 0 Å². The number of H-pyrrole nitrogens is 1. The molecule has 0 bridgehead atoms. The molecular formula is C13H13F3N2O4S. The number of amides is 1. The third-order valence-electron chi connectivity index (χ3n) is 2.92. The monoisotopic (exact) mass is 350 g/mol. The van der Waals surface area contributed by atoms with E-state index in [1.165, 1.54) is 12.1 Å². The maximum Gasteiger partial charge on any atom is 0.471 e. The van der Waals surface area contributed by atoms with Gasteiger partial charge in [0.15, 0.2) is 0 Å². The van der Waals surface area contributed by atoms with Crippen molar-refractivity contribution in [3.8, 4) is 5.75 Å². The number of hydrogen-bond donors (Lipinski definition) is 2. The van der Waals surface area contributed by atoms with E-state index in [2.05, 4.69) is 4.98 Å². The molecule has 10 heteroatoms. The Balaban J connectivity index is 2.07. The van der Waals surface area contributed by atoms with E-state index in [0.717, 1.165) is 6.26 Å². The first-order valence-electron chi connectivity index (χ1n) is 6.41. The molecule has 0 unspecified atom stereocenters. The Morgan fingerprint density at radius 3 is 2.65 bits per heavy atom. The molecule has 2 aromatic rings. The molecule has 23 heavy (non-hydrogen) atoms. The SMILES string of the molecule is CS(=O)(=O)Oc1ccc2c(CCNC(=O)C(F)(F)F)c[nH]c2c1. The third-order valence-corrected chi connectivity index (χ3v) is 3.42. The second-order valence-corrected chi connectivity index (χ2v) is 6.39. The Kier molecular flexibility index (Phi) is 4.55. The van der Waals surface area contributed by atoms with Crippen LogP contribution in [-0.2, 0) is 21.3 Å². The number of hydrogen-bond acceptors (Lipinski definition) is 4. The van der Waals surface area contributed by atoms with Crippen molar-refractivity contribution in [1.82, 2.24) is 10.3 Å². The number of alkyl halides is 3. The molecule has 0 aliphatic carbocycles. The lowest BCUT2D eigenvalue weighted by Gasteiger charge is -2.07. The van der Waals surface area contributed by atoms with E-state index in [9.17, 15) is 26.4 Å². The Hall–Kier alpha value is -2.23. The fourth-order valence-electron chi connectivity index (χ4n) is 2.01. The zero-order valence-electron chi connectivity index (χ0n) is 11.9. The summed E-state index contributed by atoms with van der Waals surface area (Å²) in [5, 5.41) is 2.49. The Bertz CT molecular complexity index is 827. The van der Waals surface area contributed by atoms with Crippen molar-refractivity contribution in [3.63, 3.8) is 0 Å². The minimum atomic E-state index is -4.90. The van der Waals surface area contributed by atoms with Gasteiger partial charge in [0.1, 0.15) is 5.75 Å². The topological polar surface area (TPSA) is 88.3 Å². The van der Waals surface area contributed by atoms with Crippen LogP contribution in [0.15, 0.2) is 24.4 Å². The van der Waals surface area contributed by atoms with Crippen molar-refractivity contribution >= 4 is 26.9 Å². The van der Waals surface area contributed by atoms with Gasteiger partial charge in [-0.15, -0.1) is 0 Å². The Morgan fingerprint density at radius 1 is 1.35 bits per heavy atom. The van der Waals surface area contributed by atoms with E-state index in [4.69, 9.17) is 4.18 Å². The zero-order chi connectivity index (χ0) is 17.3. The quantitative estimate of drug-likeness (QED) is 0.804. The number of fused-ring (bicyclic) bond motifs is 1. The highest BCUT2D eigenvalue weighted by Gasteiger charge is 2.38. The number of aromatic nitrogens is 1. The molecule has 1 aromatic heterocycles. The molecule has 0 spiro atoms. The summed E-state index contributed by atoms with van der Waals surface area (Å²) >= 11 is 0. The minimum Gasteiger partial charge on any atom is -0.383 e. The molecule has 2 rings (SSSR count). The van der Waals surface area contributed by atoms with Crippen LogP contribution < -0.4 is 9.50 Å². The van der Waals surface area contributed by atoms with Crippen LogP contribution in [0.3, 0.4) is 0 Å². The molecule has 126 valence electrons. The van der Waals surface area contributed by atoms with Gasteiger partial charge in [0, 0.05) is 29.7 Å². The third kappa shape index (κ3) is 4.62. The minimum absolute atomic E-state index is 0.124. The predicted octanol–water partition coefficient (Wildman–Crippen LogP) is 1.73. The number of rotatable bonds is 5. The molecule has 0 radical (unpaired) electrons. The summed E-state index contributed by atoms with van der Waals surface area (Å²) in [6, 6.07) is 4.50. The van der Waals surface area contributed by atoms with Crippen molar-refractivity contribution in [3.05, 3.63) is 30.0 Å². The maximum atomic E-state index is 12.1. The van der Waals surface area contributed by atoms with Crippen molar-refractivity contribution in [2.45, 2.75) is 12.6 Å².